The summed E-state index contributed by atoms with van der Waals surface area (Å²) in [6, 6.07) is 2.16. The van der Waals surface area contributed by atoms with Crippen molar-refractivity contribution < 1.29 is 19.5 Å². The van der Waals surface area contributed by atoms with E-state index in [0.29, 0.717) is 30.1 Å². The zero-order chi connectivity index (χ0) is 16.3. The number of carbonyl (C=O) groups excluding carboxylic acids is 2. The molecule has 0 radical (unpaired) electrons. The Morgan fingerprint density at radius 1 is 1.50 bits per heavy atom. The van der Waals surface area contributed by atoms with E-state index in [1.165, 1.54) is 11.3 Å². The largest absolute Gasteiger partial charge is 0.480 e. The molecule has 4 N–H and O–H groups in total. The molecule has 0 aliphatic carbocycles. The summed E-state index contributed by atoms with van der Waals surface area (Å²) >= 11 is 1.18. The molecule has 22 heavy (non-hydrogen) atoms. The van der Waals surface area contributed by atoms with E-state index in [4.69, 9.17) is 5.73 Å². The summed E-state index contributed by atoms with van der Waals surface area (Å²) in [5.41, 5.74) is 5.36. The standard InChI is InChI=1S/C14H17N3O4S/c1-8(15)16-6-2-4-9-11(14(20)21)17(12(9)18)13(19)10-5-3-7-22-10/h3,5,7,9,11,16H,1-2,4,6,15H2,(H,20,21)/t9-,11?/m1/s1. The van der Waals surface area contributed by atoms with Gasteiger partial charge in [0.1, 0.15) is 6.04 Å². The van der Waals surface area contributed by atoms with Crippen molar-refractivity contribution in [1.29, 1.82) is 0 Å². The zero-order valence-corrected chi connectivity index (χ0v) is 12.6. The van der Waals surface area contributed by atoms with Crippen LogP contribution in [0.5, 0.6) is 0 Å². The average Bonchev–Trinajstić information content (AvgIpc) is 2.97. The first-order valence-corrected chi connectivity index (χ1v) is 7.63. The molecule has 2 rings (SSSR count). The Hall–Kier alpha value is -2.35. The van der Waals surface area contributed by atoms with Gasteiger partial charge in [-0.3, -0.25) is 14.5 Å². The Morgan fingerprint density at radius 3 is 2.77 bits per heavy atom. The quantitative estimate of drug-likeness (QED) is 0.385. The number of hydrogen-bond donors (Lipinski definition) is 3. The lowest BCUT2D eigenvalue weighted by atomic mass is 9.83. The van der Waals surface area contributed by atoms with E-state index in [1.54, 1.807) is 17.5 Å². The molecular weight excluding hydrogens is 306 g/mol. The van der Waals surface area contributed by atoms with Gasteiger partial charge in [0.15, 0.2) is 0 Å². The molecule has 118 valence electrons. The van der Waals surface area contributed by atoms with Crippen LogP contribution in [0.2, 0.25) is 0 Å². The average molecular weight is 323 g/mol. The topological polar surface area (TPSA) is 113 Å². The van der Waals surface area contributed by atoms with Crippen molar-refractivity contribution in [2.45, 2.75) is 18.9 Å². The van der Waals surface area contributed by atoms with Gasteiger partial charge in [0.25, 0.3) is 5.91 Å². The maximum Gasteiger partial charge on any atom is 0.327 e. The molecule has 1 aliphatic rings. The first kappa shape index (κ1) is 16.0. The van der Waals surface area contributed by atoms with E-state index in [9.17, 15) is 19.5 Å². The number of carboxylic acid groups (broad SMARTS) is 1. The van der Waals surface area contributed by atoms with Gasteiger partial charge in [0, 0.05) is 6.54 Å². The zero-order valence-electron chi connectivity index (χ0n) is 11.8. The summed E-state index contributed by atoms with van der Waals surface area (Å²) in [5, 5.41) is 13.8. The second-order valence-corrected chi connectivity index (χ2v) is 5.92. The second kappa shape index (κ2) is 6.61. The van der Waals surface area contributed by atoms with Crippen LogP contribution in [0.4, 0.5) is 0 Å². The molecule has 8 heteroatoms. The van der Waals surface area contributed by atoms with Crippen molar-refractivity contribution in [3.63, 3.8) is 0 Å². The summed E-state index contributed by atoms with van der Waals surface area (Å²) in [6.07, 6.45) is 0.946. The van der Waals surface area contributed by atoms with Crippen LogP contribution in [0.15, 0.2) is 29.9 Å². The Balaban J connectivity index is 1.99. The lowest BCUT2D eigenvalue weighted by molar-refractivity contribution is -0.166. The molecule has 1 aliphatic heterocycles. The minimum absolute atomic E-state index is 0.323. The molecule has 0 saturated carbocycles. The summed E-state index contributed by atoms with van der Waals surface area (Å²) < 4.78 is 0. The number of imide groups is 1. The Kier molecular flexibility index (Phi) is 4.81. The summed E-state index contributed by atoms with van der Waals surface area (Å²) in [4.78, 5) is 36.9. The molecule has 1 aromatic heterocycles. The molecule has 7 nitrogen and oxygen atoms in total. The van der Waals surface area contributed by atoms with Crippen molar-refractivity contribution in [2.24, 2.45) is 11.7 Å². The van der Waals surface area contributed by atoms with Crippen LogP contribution in [-0.4, -0.2) is 40.4 Å². The molecule has 2 amide bonds. The van der Waals surface area contributed by atoms with E-state index in [1.807, 2.05) is 0 Å². The molecule has 1 unspecified atom stereocenters. The van der Waals surface area contributed by atoms with Crippen LogP contribution < -0.4 is 11.1 Å². The highest BCUT2D eigenvalue weighted by Crippen LogP contribution is 2.33. The van der Waals surface area contributed by atoms with Crippen molar-refractivity contribution >= 4 is 29.1 Å². The number of carboxylic acids is 1. The van der Waals surface area contributed by atoms with Gasteiger partial charge in [-0.15, -0.1) is 11.3 Å². The van der Waals surface area contributed by atoms with E-state index in [2.05, 4.69) is 11.9 Å². The molecule has 1 fully saturated rings. The summed E-state index contributed by atoms with van der Waals surface area (Å²) in [5.74, 6) is -2.49. The van der Waals surface area contributed by atoms with Gasteiger partial charge in [0.2, 0.25) is 5.91 Å². The second-order valence-electron chi connectivity index (χ2n) is 4.97. The predicted octanol–water partition coefficient (Wildman–Crippen LogP) is 0.600. The molecule has 0 bridgehead atoms. The fourth-order valence-electron chi connectivity index (χ4n) is 2.43. The van der Waals surface area contributed by atoms with Crippen molar-refractivity contribution in [3.05, 3.63) is 34.8 Å². The van der Waals surface area contributed by atoms with E-state index in [-0.39, 0.29) is 0 Å². The molecule has 1 aromatic rings. The summed E-state index contributed by atoms with van der Waals surface area (Å²) in [7, 11) is 0. The lowest BCUT2D eigenvalue weighted by Gasteiger charge is -2.42. The molecule has 2 atom stereocenters. The van der Waals surface area contributed by atoms with Gasteiger partial charge in [0.05, 0.1) is 16.6 Å². The number of β-lactam (4-membered cyclic amide) rings is 1. The van der Waals surface area contributed by atoms with Crippen molar-refractivity contribution in [3.8, 4) is 0 Å². The van der Waals surface area contributed by atoms with Crippen LogP contribution in [0.1, 0.15) is 22.5 Å². The predicted molar refractivity (Wildman–Crippen MR) is 81.0 cm³/mol. The van der Waals surface area contributed by atoms with Gasteiger partial charge in [-0.2, -0.15) is 0 Å². The van der Waals surface area contributed by atoms with Crippen LogP contribution >= 0.6 is 11.3 Å². The SMILES string of the molecule is C=C(N)NCCC[C@H]1C(=O)N(C(=O)c2cccs2)C1C(=O)O. The van der Waals surface area contributed by atoms with Crippen LogP contribution in [-0.2, 0) is 9.59 Å². The smallest absolute Gasteiger partial charge is 0.327 e. The Bertz CT molecular complexity index is 599. The molecular formula is C14H17N3O4S. The lowest BCUT2D eigenvalue weighted by Crippen LogP contribution is -2.66. The number of nitrogens with two attached hydrogens (primary N) is 1. The number of nitrogens with zero attached hydrogens (tertiary/aromatic N) is 1. The minimum Gasteiger partial charge on any atom is -0.480 e. The van der Waals surface area contributed by atoms with E-state index in [0.717, 1.165) is 4.90 Å². The monoisotopic (exact) mass is 323 g/mol. The number of carbonyl (C=O) groups is 3. The Labute approximate surface area is 131 Å². The van der Waals surface area contributed by atoms with Crippen LogP contribution in [0.25, 0.3) is 0 Å². The Morgan fingerprint density at radius 2 is 2.23 bits per heavy atom. The number of aliphatic carboxylic acids is 1. The van der Waals surface area contributed by atoms with Gasteiger partial charge >= 0.3 is 5.97 Å². The van der Waals surface area contributed by atoms with Crippen LogP contribution in [0, 0.1) is 5.92 Å². The maximum atomic E-state index is 12.2. The number of thiophene rings is 1. The van der Waals surface area contributed by atoms with Crippen molar-refractivity contribution in [1.82, 2.24) is 10.2 Å². The minimum atomic E-state index is -1.16. The molecule has 0 spiro atoms. The van der Waals surface area contributed by atoms with Gasteiger partial charge in [-0.1, -0.05) is 12.6 Å². The third-order valence-electron chi connectivity index (χ3n) is 3.46. The number of amides is 2. The van der Waals surface area contributed by atoms with E-state index < -0.39 is 29.7 Å². The first-order valence-electron chi connectivity index (χ1n) is 6.75. The third kappa shape index (κ3) is 3.11. The first-order chi connectivity index (χ1) is 10.4. The molecule has 2 heterocycles. The van der Waals surface area contributed by atoms with Crippen LogP contribution in [0.3, 0.4) is 0 Å². The molecule has 0 aromatic carbocycles. The number of nitrogens with one attached hydrogen (secondary N) is 1. The van der Waals surface area contributed by atoms with Gasteiger partial charge in [-0.05, 0) is 24.3 Å². The summed E-state index contributed by atoms with van der Waals surface area (Å²) in [6.45, 7) is 3.99. The highest BCUT2D eigenvalue weighted by atomic mass is 32.1. The highest BCUT2D eigenvalue weighted by molar-refractivity contribution is 7.12. The van der Waals surface area contributed by atoms with E-state index >= 15 is 0 Å². The third-order valence-corrected chi connectivity index (χ3v) is 4.32. The number of rotatable bonds is 7. The van der Waals surface area contributed by atoms with Gasteiger partial charge < -0.3 is 16.2 Å². The molecule has 1 saturated heterocycles. The fraction of sp³-hybridized carbons (Fsp3) is 0.357. The number of likely N-dealkylation sites (tertiary alicyclic amines) is 1. The number of hydrogen-bond acceptors (Lipinski definition) is 6. The van der Waals surface area contributed by atoms with Gasteiger partial charge in [-0.25, -0.2) is 4.79 Å². The normalized spacial score (nSPS) is 20.4. The van der Waals surface area contributed by atoms with Crippen molar-refractivity contribution in [2.75, 3.05) is 6.54 Å². The maximum absolute atomic E-state index is 12.2. The fourth-order valence-corrected chi connectivity index (χ4v) is 3.09. The highest BCUT2D eigenvalue weighted by Gasteiger charge is 2.54.